The van der Waals surface area contributed by atoms with Gasteiger partial charge in [0.15, 0.2) is 0 Å². The minimum Gasteiger partial charge on any atom is -0.299 e. The Morgan fingerprint density at radius 2 is 1.69 bits per heavy atom. The number of rotatable bonds is 3. The lowest BCUT2D eigenvalue weighted by atomic mass is 9.44. The Balaban J connectivity index is 1.13. The zero-order valence-corrected chi connectivity index (χ0v) is 23.2. The SMILES string of the molecule is Cc1ccc(S(=O)(=O)N2CC=C([C@H]3CC[C@@]4(C)[C@@H](CC[C@@H]5[C@@H]4CC[C@]4(C)C(=O)CC[C@@H]54)C3)CC2)cc1. The van der Waals surface area contributed by atoms with Gasteiger partial charge < -0.3 is 0 Å². The Kier molecular flexibility index (Phi) is 6.07. The molecule has 0 bridgehead atoms. The van der Waals surface area contributed by atoms with Crippen molar-refractivity contribution in [1.29, 1.82) is 0 Å². The number of hydrogen-bond acceptors (Lipinski definition) is 3. The van der Waals surface area contributed by atoms with Gasteiger partial charge in [0.25, 0.3) is 0 Å². The number of aryl methyl sites for hydroxylation is 1. The summed E-state index contributed by atoms with van der Waals surface area (Å²) in [6.07, 6.45) is 13.9. The summed E-state index contributed by atoms with van der Waals surface area (Å²) < 4.78 is 27.9. The number of nitrogens with zero attached hydrogens (tertiary/aromatic N) is 1. The first-order valence-corrected chi connectivity index (χ1v) is 15.9. The minimum absolute atomic E-state index is 0.0285. The van der Waals surface area contributed by atoms with Crippen LogP contribution in [0.4, 0.5) is 0 Å². The van der Waals surface area contributed by atoms with Gasteiger partial charge in [0.1, 0.15) is 5.78 Å². The van der Waals surface area contributed by atoms with Gasteiger partial charge in [0.05, 0.1) is 4.90 Å². The van der Waals surface area contributed by atoms with E-state index in [1.165, 1.54) is 44.1 Å². The number of carbonyl (C=O) groups is 1. The Hall–Kier alpha value is -1.46. The monoisotopic (exact) mass is 509 g/mol. The molecule has 0 aromatic heterocycles. The highest BCUT2D eigenvalue weighted by atomic mass is 32.2. The molecule has 0 radical (unpaired) electrons. The second-order valence-electron chi connectivity index (χ2n) is 13.3. The van der Waals surface area contributed by atoms with E-state index in [4.69, 9.17) is 0 Å². The molecule has 1 aromatic carbocycles. The van der Waals surface area contributed by atoms with Crippen LogP contribution < -0.4 is 0 Å². The summed E-state index contributed by atoms with van der Waals surface area (Å²) in [7, 11) is -3.43. The fourth-order valence-electron chi connectivity index (χ4n) is 9.48. The van der Waals surface area contributed by atoms with Gasteiger partial charge in [-0.05, 0) is 112 Å². The summed E-state index contributed by atoms with van der Waals surface area (Å²) in [5.41, 5.74) is 2.97. The van der Waals surface area contributed by atoms with Crippen molar-refractivity contribution >= 4 is 15.8 Å². The topological polar surface area (TPSA) is 54.5 Å². The molecule has 4 nitrogen and oxygen atoms in total. The average molecular weight is 510 g/mol. The number of fused-ring (bicyclic) bond motifs is 5. The van der Waals surface area contributed by atoms with Crippen molar-refractivity contribution in [2.45, 2.75) is 89.9 Å². The van der Waals surface area contributed by atoms with Gasteiger partial charge >= 0.3 is 0 Å². The van der Waals surface area contributed by atoms with Gasteiger partial charge in [-0.25, -0.2) is 8.42 Å². The van der Waals surface area contributed by atoms with Crippen molar-refractivity contribution < 1.29 is 13.2 Å². The van der Waals surface area contributed by atoms with Gasteiger partial charge in [-0.1, -0.05) is 43.2 Å². The van der Waals surface area contributed by atoms with Crippen molar-refractivity contribution in [3.05, 3.63) is 41.5 Å². The molecule has 0 amide bonds. The minimum atomic E-state index is -3.43. The van der Waals surface area contributed by atoms with E-state index in [9.17, 15) is 13.2 Å². The third-order valence-corrected chi connectivity index (χ3v) is 13.6. The van der Waals surface area contributed by atoms with Crippen LogP contribution in [-0.2, 0) is 14.8 Å². The molecule has 0 unspecified atom stereocenters. The van der Waals surface area contributed by atoms with Crippen LogP contribution in [0.25, 0.3) is 0 Å². The van der Waals surface area contributed by atoms with Crippen LogP contribution in [0.2, 0.25) is 0 Å². The van der Waals surface area contributed by atoms with Gasteiger partial charge in [0, 0.05) is 24.9 Å². The number of sulfonamides is 1. The average Bonchev–Trinajstić information content (AvgIpc) is 3.18. The van der Waals surface area contributed by atoms with E-state index in [0.29, 0.717) is 41.0 Å². The first-order valence-electron chi connectivity index (χ1n) is 14.4. The highest BCUT2D eigenvalue weighted by Crippen LogP contribution is 2.66. The molecular weight excluding hydrogens is 466 g/mol. The van der Waals surface area contributed by atoms with Crippen LogP contribution in [0.3, 0.4) is 0 Å². The van der Waals surface area contributed by atoms with Gasteiger partial charge in [-0.3, -0.25) is 4.79 Å². The maximum Gasteiger partial charge on any atom is 0.243 e. The van der Waals surface area contributed by atoms with Crippen LogP contribution >= 0.6 is 0 Å². The van der Waals surface area contributed by atoms with Crippen LogP contribution in [0.5, 0.6) is 0 Å². The largest absolute Gasteiger partial charge is 0.299 e. The molecule has 0 N–H and O–H groups in total. The van der Waals surface area contributed by atoms with E-state index in [0.717, 1.165) is 49.0 Å². The lowest BCUT2D eigenvalue weighted by Gasteiger charge is -2.60. The zero-order chi connectivity index (χ0) is 25.3. The van der Waals surface area contributed by atoms with E-state index in [2.05, 4.69) is 19.9 Å². The molecular formula is C31H43NO3S. The molecule has 5 heteroatoms. The highest BCUT2D eigenvalue weighted by molar-refractivity contribution is 7.89. The molecule has 36 heavy (non-hydrogen) atoms. The third kappa shape index (κ3) is 3.78. The van der Waals surface area contributed by atoms with E-state index < -0.39 is 10.0 Å². The van der Waals surface area contributed by atoms with Crippen molar-refractivity contribution in [3.63, 3.8) is 0 Å². The lowest BCUT2D eigenvalue weighted by Crippen LogP contribution is -2.53. The zero-order valence-electron chi connectivity index (χ0n) is 22.3. The standard InChI is InChI=1S/C31H43NO3S/c1-21-4-7-25(8-5-21)36(34,35)32-18-14-22(15-19-32)23-12-16-30(2)24(20-23)6-9-26-27-10-11-29(33)31(27,3)17-13-28(26)30/h4-5,7-8,14,23-24,26-28H,6,9-13,15-20H2,1-3H3/t23-,24-,26-,27-,28-,30-,31-/m0/s1. The normalized spacial score (nSPS) is 41.2. The fraction of sp³-hybridized carbons (Fsp3) is 0.710. The Labute approximate surface area is 218 Å². The van der Waals surface area contributed by atoms with Crippen LogP contribution in [0, 0.1) is 47.3 Å². The maximum atomic E-state index is 13.1. The summed E-state index contributed by atoms with van der Waals surface area (Å²) in [6, 6.07) is 7.22. The Morgan fingerprint density at radius 1 is 0.917 bits per heavy atom. The van der Waals surface area contributed by atoms with Crippen molar-refractivity contribution in [3.8, 4) is 0 Å². The number of benzene rings is 1. The third-order valence-electron chi connectivity index (χ3n) is 11.8. The van der Waals surface area contributed by atoms with Crippen molar-refractivity contribution in [2.75, 3.05) is 13.1 Å². The molecule has 1 aliphatic heterocycles. The van der Waals surface area contributed by atoms with E-state index in [-0.39, 0.29) is 5.41 Å². The molecule has 1 heterocycles. The van der Waals surface area contributed by atoms with Gasteiger partial charge in [-0.2, -0.15) is 4.31 Å². The number of Topliss-reactive ketones (excluding diaryl/α,β-unsaturated/α-hetero) is 1. The van der Waals surface area contributed by atoms with E-state index in [1.807, 2.05) is 19.1 Å². The van der Waals surface area contributed by atoms with Gasteiger partial charge in [0.2, 0.25) is 10.0 Å². The molecule has 4 fully saturated rings. The molecule has 4 saturated carbocycles. The second-order valence-corrected chi connectivity index (χ2v) is 15.2. The fourth-order valence-corrected chi connectivity index (χ4v) is 10.9. The first kappa shape index (κ1) is 24.9. The summed E-state index contributed by atoms with van der Waals surface area (Å²) in [6.45, 7) is 7.96. The summed E-state index contributed by atoms with van der Waals surface area (Å²) in [5, 5.41) is 0. The summed E-state index contributed by atoms with van der Waals surface area (Å²) in [4.78, 5) is 13.1. The van der Waals surface area contributed by atoms with E-state index in [1.54, 1.807) is 16.4 Å². The van der Waals surface area contributed by atoms with Gasteiger partial charge in [-0.15, -0.1) is 0 Å². The van der Waals surface area contributed by atoms with Crippen LogP contribution in [0.15, 0.2) is 40.8 Å². The van der Waals surface area contributed by atoms with Crippen molar-refractivity contribution in [1.82, 2.24) is 4.31 Å². The van der Waals surface area contributed by atoms with Crippen LogP contribution in [-0.4, -0.2) is 31.6 Å². The number of carbonyl (C=O) groups excluding carboxylic acids is 1. The maximum absolute atomic E-state index is 13.1. The molecule has 0 spiro atoms. The molecule has 196 valence electrons. The quantitative estimate of drug-likeness (QED) is 0.435. The molecule has 7 atom stereocenters. The Morgan fingerprint density at radius 3 is 2.42 bits per heavy atom. The Bertz CT molecular complexity index is 1170. The number of ketones is 1. The van der Waals surface area contributed by atoms with Crippen molar-refractivity contribution in [2.24, 2.45) is 40.4 Å². The summed E-state index contributed by atoms with van der Waals surface area (Å²) in [5.74, 6) is 4.10. The smallest absolute Gasteiger partial charge is 0.243 e. The van der Waals surface area contributed by atoms with E-state index >= 15 is 0 Å². The lowest BCUT2D eigenvalue weighted by molar-refractivity contribution is -0.139. The molecule has 0 saturated heterocycles. The molecule has 4 aliphatic carbocycles. The predicted molar refractivity (Wildman–Crippen MR) is 143 cm³/mol. The second kappa shape index (κ2) is 8.80. The molecule has 5 aliphatic rings. The van der Waals surface area contributed by atoms with Crippen LogP contribution in [0.1, 0.15) is 83.6 Å². The predicted octanol–water partition coefficient (Wildman–Crippen LogP) is 6.54. The molecule has 1 aromatic rings. The highest BCUT2D eigenvalue weighted by Gasteiger charge is 2.60. The molecule has 6 rings (SSSR count). The number of hydrogen-bond donors (Lipinski definition) is 0. The summed E-state index contributed by atoms with van der Waals surface area (Å²) >= 11 is 0. The first-order chi connectivity index (χ1) is 17.1.